The summed E-state index contributed by atoms with van der Waals surface area (Å²) in [5.74, 6) is 0.655. The molecule has 1 atom stereocenters. The second-order valence-corrected chi connectivity index (χ2v) is 3.99. The quantitative estimate of drug-likeness (QED) is 0.672. The summed E-state index contributed by atoms with van der Waals surface area (Å²) in [6.07, 6.45) is 0.893. The maximum atomic E-state index is 9.58. The molecule has 0 bridgehead atoms. The Morgan fingerprint density at radius 2 is 2.28 bits per heavy atom. The average Bonchev–Trinajstić information content (AvgIpc) is 2.36. The van der Waals surface area contributed by atoms with Crippen LogP contribution in [0.25, 0.3) is 10.9 Å². The molecule has 18 heavy (non-hydrogen) atoms. The molecule has 1 heterocycles. The maximum absolute atomic E-state index is 9.58. The molecular weight excluding hydrogens is 232 g/mol. The van der Waals surface area contributed by atoms with Crippen molar-refractivity contribution in [1.82, 2.24) is 9.97 Å². The minimum Gasteiger partial charge on any atom is -0.399 e. The number of aliphatic hydroxyl groups excluding tert-OH is 1. The Morgan fingerprint density at radius 1 is 1.44 bits per heavy atom. The van der Waals surface area contributed by atoms with Gasteiger partial charge < -0.3 is 20.9 Å². The number of nitrogen functional groups attached to an aromatic ring is 1. The van der Waals surface area contributed by atoms with Crippen molar-refractivity contribution in [3.8, 4) is 0 Å². The van der Waals surface area contributed by atoms with E-state index in [9.17, 15) is 5.11 Å². The molecule has 1 unspecified atom stereocenters. The second kappa shape index (κ2) is 5.61. The molecule has 0 saturated heterocycles. The predicted octanol–water partition coefficient (Wildman–Crippen LogP) is 0.631. The van der Waals surface area contributed by atoms with Gasteiger partial charge in [-0.05, 0) is 18.2 Å². The van der Waals surface area contributed by atoms with Gasteiger partial charge in [0.2, 0.25) is 0 Å². The van der Waals surface area contributed by atoms with Gasteiger partial charge in [-0.2, -0.15) is 0 Å². The van der Waals surface area contributed by atoms with E-state index in [2.05, 4.69) is 15.3 Å². The number of fused-ring (bicyclic) bond motifs is 1. The molecule has 0 amide bonds. The topological polar surface area (TPSA) is 93.3 Å². The van der Waals surface area contributed by atoms with Crippen molar-refractivity contribution in [2.75, 3.05) is 31.3 Å². The average molecular weight is 248 g/mol. The molecule has 0 radical (unpaired) electrons. The van der Waals surface area contributed by atoms with E-state index < -0.39 is 6.10 Å². The van der Waals surface area contributed by atoms with Gasteiger partial charge in [0, 0.05) is 24.7 Å². The highest BCUT2D eigenvalue weighted by Crippen LogP contribution is 2.21. The number of rotatable bonds is 5. The number of nitrogens with one attached hydrogen (secondary N) is 1. The van der Waals surface area contributed by atoms with E-state index >= 15 is 0 Å². The largest absolute Gasteiger partial charge is 0.399 e. The summed E-state index contributed by atoms with van der Waals surface area (Å²) < 4.78 is 4.86. The summed E-state index contributed by atoms with van der Waals surface area (Å²) in [4.78, 5) is 8.30. The van der Waals surface area contributed by atoms with E-state index in [1.807, 2.05) is 6.07 Å². The summed E-state index contributed by atoms with van der Waals surface area (Å²) in [7, 11) is 1.55. The first-order chi connectivity index (χ1) is 8.70. The van der Waals surface area contributed by atoms with Crippen LogP contribution in [0.4, 0.5) is 11.5 Å². The summed E-state index contributed by atoms with van der Waals surface area (Å²) in [5.41, 5.74) is 7.20. The lowest BCUT2D eigenvalue weighted by Crippen LogP contribution is -2.24. The van der Waals surface area contributed by atoms with Crippen LogP contribution in [0.5, 0.6) is 0 Å². The first-order valence-corrected chi connectivity index (χ1v) is 5.62. The number of benzene rings is 1. The lowest BCUT2D eigenvalue weighted by Gasteiger charge is -2.12. The van der Waals surface area contributed by atoms with E-state index in [-0.39, 0.29) is 6.61 Å². The first kappa shape index (κ1) is 12.5. The van der Waals surface area contributed by atoms with Crippen LogP contribution >= 0.6 is 0 Å². The molecule has 96 valence electrons. The Balaban J connectivity index is 2.19. The molecule has 1 aromatic heterocycles. The van der Waals surface area contributed by atoms with Crippen molar-refractivity contribution >= 4 is 22.4 Å². The zero-order valence-electron chi connectivity index (χ0n) is 10.1. The molecule has 0 saturated carbocycles. The minimum atomic E-state index is -0.582. The SMILES string of the molecule is COCC(O)CNc1ncnc2ccc(N)cc12. The number of hydrogen-bond acceptors (Lipinski definition) is 6. The second-order valence-electron chi connectivity index (χ2n) is 3.99. The molecule has 6 nitrogen and oxygen atoms in total. The van der Waals surface area contributed by atoms with Gasteiger partial charge in [0.25, 0.3) is 0 Å². The fourth-order valence-electron chi connectivity index (χ4n) is 1.68. The van der Waals surface area contributed by atoms with Crippen molar-refractivity contribution in [2.24, 2.45) is 0 Å². The molecule has 0 spiro atoms. The number of nitrogens with zero attached hydrogens (tertiary/aromatic N) is 2. The van der Waals surface area contributed by atoms with E-state index in [0.29, 0.717) is 18.1 Å². The molecule has 4 N–H and O–H groups in total. The number of ether oxygens (including phenoxy) is 1. The third kappa shape index (κ3) is 2.85. The summed E-state index contributed by atoms with van der Waals surface area (Å²) in [5, 5.41) is 13.5. The molecule has 1 aromatic carbocycles. The third-order valence-electron chi connectivity index (χ3n) is 2.52. The maximum Gasteiger partial charge on any atom is 0.137 e. The molecule has 0 aliphatic rings. The fourth-order valence-corrected chi connectivity index (χ4v) is 1.68. The Morgan fingerprint density at radius 3 is 3.06 bits per heavy atom. The van der Waals surface area contributed by atoms with Crippen molar-refractivity contribution in [3.63, 3.8) is 0 Å². The van der Waals surface area contributed by atoms with Crippen LogP contribution in [-0.2, 0) is 4.74 Å². The first-order valence-electron chi connectivity index (χ1n) is 5.62. The van der Waals surface area contributed by atoms with Crippen LogP contribution in [0.1, 0.15) is 0 Å². The summed E-state index contributed by atoms with van der Waals surface area (Å²) in [6.45, 7) is 0.632. The molecular formula is C12H16N4O2. The standard InChI is InChI=1S/C12H16N4O2/c1-18-6-9(17)5-14-12-10-4-8(13)2-3-11(10)15-7-16-12/h2-4,7,9,17H,5-6,13H2,1H3,(H,14,15,16). The highest BCUT2D eigenvalue weighted by Gasteiger charge is 2.07. The number of aliphatic hydroxyl groups is 1. The van der Waals surface area contributed by atoms with Crippen molar-refractivity contribution in [1.29, 1.82) is 0 Å². The van der Waals surface area contributed by atoms with Crippen LogP contribution in [0.3, 0.4) is 0 Å². The minimum absolute atomic E-state index is 0.276. The lowest BCUT2D eigenvalue weighted by atomic mass is 10.2. The smallest absolute Gasteiger partial charge is 0.137 e. The number of methoxy groups -OCH3 is 1. The molecule has 2 rings (SSSR count). The zero-order valence-corrected chi connectivity index (χ0v) is 10.1. The number of anilines is 2. The van der Waals surface area contributed by atoms with E-state index in [1.165, 1.54) is 6.33 Å². The Kier molecular flexibility index (Phi) is 3.91. The number of hydrogen-bond donors (Lipinski definition) is 3. The Labute approximate surface area is 105 Å². The Hall–Kier alpha value is -1.92. The van der Waals surface area contributed by atoms with Crippen LogP contribution in [0, 0.1) is 0 Å². The van der Waals surface area contributed by atoms with Crippen molar-refractivity contribution in [2.45, 2.75) is 6.10 Å². The van der Waals surface area contributed by atoms with Crippen LogP contribution in [0.15, 0.2) is 24.5 Å². The van der Waals surface area contributed by atoms with Gasteiger partial charge in [0.1, 0.15) is 12.1 Å². The molecule has 0 fully saturated rings. The van der Waals surface area contributed by atoms with Gasteiger partial charge in [-0.1, -0.05) is 0 Å². The molecule has 6 heteroatoms. The number of aromatic nitrogens is 2. The summed E-state index contributed by atoms with van der Waals surface area (Å²) in [6, 6.07) is 5.43. The normalized spacial score (nSPS) is 12.6. The van der Waals surface area contributed by atoms with Gasteiger partial charge >= 0.3 is 0 Å². The fraction of sp³-hybridized carbons (Fsp3) is 0.333. The lowest BCUT2D eigenvalue weighted by molar-refractivity contribution is 0.0727. The van der Waals surface area contributed by atoms with Crippen LogP contribution < -0.4 is 11.1 Å². The van der Waals surface area contributed by atoms with Crippen molar-refractivity contribution < 1.29 is 9.84 Å². The molecule has 0 aliphatic carbocycles. The third-order valence-corrected chi connectivity index (χ3v) is 2.52. The van der Waals surface area contributed by atoms with Crippen LogP contribution in [0.2, 0.25) is 0 Å². The Bertz CT molecular complexity index is 532. The van der Waals surface area contributed by atoms with Gasteiger partial charge in [-0.25, -0.2) is 9.97 Å². The van der Waals surface area contributed by atoms with Crippen LogP contribution in [-0.4, -0.2) is 41.4 Å². The molecule has 2 aromatic rings. The highest BCUT2D eigenvalue weighted by molar-refractivity contribution is 5.91. The summed E-state index contributed by atoms with van der Waals surface area (Å²) >= 11 is 0. The van der Waals surface area contributed by atoms with Gasteiger partial charge in [0.15, 0.2) is 0 Å². The van der Waals surface area contributed by atoms with E-state index in [4.69, 9.17) is 10.5 Å². The highest BCUT2D eigenvalue weighted by atomic mass is 16.5. The number of nitrogens with two attached hydrogens (primary N) is 1. The van der Waals surface area contributed by atoms with Gasteiger partial charge in [-0.15, -0.1) is 0 Å². The van der Waals surface area contributed by atoms with E-state index in [0.717, 1.165) is 10.9 Å². The molecule has 0 aliphatic heterocycles. The van der Waals surface area contributed by atoms with Gasteiger partial charge in [-0.3, -0.25) is 0 Å². The predicted molar refractivity (Wildman–Crippen MR) is 70.3 cm³/mol. The zero-order chi connectivity index (χ0) is 13.0. The van der Waals surface area contributed by atoms with Crippen molar-refractivity contribution in [3.05, 3.63) is 24.5 Å². The van der Waals surface area contributed by atoms with Gasteiger partial charge in [0.05, 0.1) is 18.2 Å². The van der Waals surface area contributed by atoms with E-state index in [1.54, 1.807) is 19.2 Å². The monoisotopic (exact) mass is 248 g/mol.